The number of H-pyrrole nitrogens is 1. The number of aromatic amines is 1. The molecule has 0 atom stereocenters. The van der Waals surface area contributed by atoms with Gasteiger partial charge < -0.3 is 15.0 Å². The maximum absolute atomic E-state index is 11.6. The number of aromatic nitrogens is 2. The fourth-order valence-electron chi connectivity index (χ4n) is 1.54. The van der Waals surface area contributed by atoms with Crippen LogP contribution in [0.5, 0.6) is 5.75 Å². The summed E-state index contributed by atoms with van der Waals surface area (Å²) in [6.07, 6.45) is 4.01. The molecule has 0 saturated carbocycles. The van der Waals surface area contributed by atoms with Gasteiger partial charge in [-0.2, -0.15) is 0 Å². The van der Waals surface area contributed by atoms with E-state index in [0.29, 0.717) is 28.8 Å². The van der Waals surface area contributed by atoms with Gasteiger partial charge in [0, 0.05) is 29.9 Å². The third-order valence-electron chi connectivity index (χ3n) is 2.52. The molecule has 0 saturated heterocycles. The maximum atomic E-state index is 11.6. The van der Waals surface area contributed by atoms with Gasteiger partial charge in [0.1, 0.15) is 5.75 Å². The number of carbonyl (C=O) groups is 1. The molecule has 0 spiro atoms. The zero-order valence-electron chi connectivity index (χ0n) is 10.5. The Morgan fingerprint density at radius 2 is 2.25 bits per heavy atom. The van der Waals surface area contributed by atoms with Gasteiger partial charge in [0.2, 0.25) is 0 Å². The Hall–Kier alpha value is -1.72. The molecule has 7 heteroatoms. The number of rotatable bonds is 6. The van der Waals surface area contributed by atoms with E-state index in [9.17, 15) is 4.79 Å². The van der Waals surface area contributed by atoms with Crippen LogP contribution in [0.3, 0.4) is 0 Å². The third-order valence-corrected chi connectivity index (χ3v) is 3.05. The zero-order chi connectivity index (χ0) is 14.4. The predicted molar refractivity (Wildman–Crippen MR) is 77.3 cm³/mol. The zero-order valence-corrected chi connectivity index (χ0v) is 12.0. The van der Waals surface area contributed by atoms with Gasteiger partial charge in [-0.1, -0.05) is 23.2 Å². The van der Waals surface area contributed by atoms with Crippen LogP contribution in [0.25, 0.3) is 0 Å². The predicted octanol–water partition coefficient (Wildman–Crippen LogP) is 2.45. The van der Waals surface area contributed by atoms with Gasteiger partial charge in [-0.15, -0.1) is 0 Å². The minimum atomic E-state index is -0.212. The minimum Gasteiger partial charge on any atom is -0.482 e. The van der Waals surface area contributed by atoms with Crippen molar-refractivity contribution in [2.24, 2.45) is 0 Å². The Bertz CT molecular complexity index is 573. The molecule has 0 aliphatic rings. The average molecular weight is 314 g/mol. The summed E-state index contributed by atoms with van der Waals surface area (Å²) >= 11 is 11.7. The molecule has 0 radical (unpaired) electrons. The number of imidazole rings is 1. The molecule has 0 aliphatic heterocycles. The van der Waals surface area contributed by atoms with E-state index in [1.54, 1.807) is 30.7 Å². The third kappa shape index (κ3) is 4.43. The van der Waals surface area contributed by atoms with Crippen molar-refractivity contribution in [2.75, 3.05) is 13.2 Å². The van der Waals surface area contributed by atoms with E-state index in [2.05, 4.69) is 15.3 Å². The van der Waals surface area contributed by atoms with E-state index in [-0.39, 0.29) is 12.5 Å². The molecule has 106 valence electrons. The molecule has 0 aliphatic carbocycles. The molecule has 1 aromatic heterocycles. The fraction of sp³-hybridized carbons (Fsp3) is 0.231. The Kier molecular flexibility index (Phi) is 5.26. The Morgan fingerprint density at radius 3 is 2.95 bits per heavy atom. The Labute approximate surface area is 126 Å². The van der Waals surface area contributed by atoms with E-state index in [1.807, 2.05) is 0 Å². The number of hydrogen-bond acceptors (Lipinski definition) is 3. The van der Waals surface area contributed by atoms with Gasteiger partial charge in [-0.25, -0.2) is 4.98 Å². The number of nitrogens with zero attached hydrogens (tertiary/aromatic N) is 1. The SMILES string of the molecule is O=C(COc1ccc(Cl)cc1Cl)NCCc1cnc[nH]1. The van der Waals surface area contributed by atoms with E-state index in [4.69, 9.17) is 27.9 Å². The van der Waals surface area contributed by atoms with E-state index in [1.165, 1.54) is 0 Å². The summed E-state index contributed by atoms with van der Waals surface area (Å²) in [6.45, 7) is 0.420. The number of amides is 1. The lowest BCUT2D eigenvalue weighted by molar-refractivity contribution is -0.123. The topological polar surface area (TPSA) is 67.0 Å². The molecule has 1 amide bonds. The first-order valence-corrected chi connectivity index (χ1v) is 6.72. The van der Waals surface area contributed by atoms with Crippen LogP contribution < -0.4 is 10.1 Å². The molecule has 2 aromatic rings. The Morgan fingerprint density at radius 1 is 1.40 bits per heavy atom. The smallest absolute Gasteiger partial charge is 0.257 e. The highest BCUT2D eigenvalue weighted by atomic mass is 35.5. The summed E-state index contributed by atoms with van der Waals surface area (Å²) in [4.78, 5) is 18.4. The summed E-state index contributed by atoms with van der Waals surface area (Å²) in [5.41, 5.74) is 0.965. The van der Waals surface area contributed by atoms with Crippen LogP contribution in [0.4, 0.5) is 0 Å². The molecule has 20 heavy (non-hydrogen) atoms. The van der Waals surface area contributed by atoms with Gasteiger partial charge >= 0.3 is 0 Å². The number of nitrogens with one attached hydrogen (secondary N) is 2. The normalized spacial score (nSPS) is 10.3. The highest BCUT2D eigenvalue weighted by Crippen LogP contribution is 2.27. The van der Waals surface area contributed by atoms with Gasteiger partial charge in [0.25, 0.3) is 5.91 Å². The lowest BCUT2D eigenvalue weighted by Crippen LogP contribution is -2.30. The van der Waals surface area contributed by atoms with Crippen LogP contribution in [0.15, 0.2) is 30.7 Å². The number of ether oxygens (including phenoxy) is 1. The lowest BCUT2D eigenvalue weighted by Gasteiger charge is -2.08. The largest absolute Gasteiger partial charge is 0.482 e. The summed E-state index contributed by atoms with van der Waals surface area (Å²) in [5, 5.41) is 3.64. The van der Waals surface area contributed by atoms with Crippen LogP contribution in [-0.2, 0) is 11.2 Å². The van der Waals surface area contributed by atoms with Gasteiger partial charge in [0.15, 0.2) is 6.61 Å². The number of carbonyl (C=O) groups excluding carboxylic acids is 1. The number of benzene rings is 1. The van der Waals surface area contributed by atoms with Crippen molar-refractivity contribution < 1.29 is 9.53 Å². The van der Waals surface area contributed by atoms with Crippen molar-refractivity contribution >= 4 is 29.1 Å². The lowest BCUT2D eigenvalue weighted by atomic mass is 10.3. The first kappa shape index (κ1) is 14.7. The second kappa shape index (κ2) is 7.17. The first-order valence-electron chi connectivity index (χ1n) is 5.97. The molecule has 1 aromatic carbocycles. The van der Waals surface area contributed by atoms with Crippen LogP contribution in [-0.4, -0.2) is 29.0 Å². The maximum Gasteiger partial charge on any atom is 0.257 e. The Balaban J connectivity index is 1.72. The minimum absolute atomic E-state index is 0.0929. The number of hydrogen-bond donors (Lipinski definition) is 2. The van der Waals surface area contributed by atoms with E-state index in [0.717, 1.165) is 5.69 Å². The van der Waals surface area contributed by atoms with Crippen molar-refractivity contribution in [1.29, 1.82) is 0 Å². The second-order valence-corrected chi connectivity index (χ2v) is 4.88. The highest BCUT2D eigenvalue weighted by molar-refractivity contribution is 6.35. The molecular formula is C13H13Cl2N3O2. The molecule has 0 fully saturated rings. The molecule has 0 unspecified atom stereocenters. The summed E-state index contributed by atoms with van der Waals surface area (Å²) in [6, 6.07) is 4.84. The summed E-state index contributed by atoms with van der Waals surface area (Å²) in [5.74, 6) is 0.218. The standard InChI is InChI=1S/C13H13Cl2N3O2/c14-9-1-2-12(11(15)5-9)20-7-13(19)17-4-3-10-6-16-8-18-10/h1-2,5-6,8H,3-4,7H2,(H,16,18)(H,17,19). The quantitative estimate of drug-likeness (QED) is 0.861. The van der Waals surface area contributed by atoms with Crippen molar-refractivity contribution in [3.05, 3.63) is 46.5 Å². The monoisotopic (exact) mass is 313 g/mol. The van der Waals surface area contributed by atoms with Gasteiger partial charge in [0.05, 0.1) is 11.3 Å². The van der Waals surface area contributed by atoms with Crippen LogP contribution >= 0.6 is 23.2 Å². The fourth-order valence-corrected chi connectivity index (χ4v) is 2.01. The van der Waals surface area contributed by atoms with E-state index >= 15 is 0 Å². The van der Waals surface area contributed by atoms with E-state index < -0.39 is 0 Å². The van der Waals surface area contributed by atoms with Crippen molar-refractivity contribution in [2.45, 2.75) is 6.42 Å². The number of halogens is 2. The molecule has 2 N–H and O–H groups in total. The van der Waals surface area contributed by atoms with Crippen LogP contribution in [0.1, 0.15) is 5.69 Å². The summed E-state index contributed by atoms with van der Waals surface area (Å²) in [7, 11) is 0. The van der Waals surface area contributed by atoms with Crippen LogP contribution in [0.2, 0.25) is 10.0 Å². The summed E-state index contributed by atoms with van der Waals surface area (Å²) < 4.78 is 5.32. The average Bonchev–Trinajstić information content (AvgIpc) is 2.91. The highest BCUT2D eigenvalue weighted by Gasteiger charge is 2.06. The van der Waals surface area contributed by atoms with Crippen LogP contribution in [0, 0.1) is 0 Å². The van der Waals surface area contributed by atoms with Crippen molar-refractivity contribution in [3.8, 4) is 5.75 Å². The second-order valence-electron chi connectivity index (χ2n) is 4.04. The molecular weight excluding hydrogens is 301 g/mol. The van der Waals surface area contributed by atoms with Crippen molar-refractivity contribution in [3.63, 3.8) is 0 Å². The molecule has 1 heterocycles. The van der Waals surface area contributed by atoms with Crippen molar-refractivity contribution in [1.82, 2.24) is 15.3 Å². The first-order chi connectivity index (χ1) is 9.65. The molecule has 2 rings (SSSR count). The van der Waals surface area contributed by atoms with Gasteiger partial charge in [-0.3, -0.25) is 4.79 Å². The molecule has 0 bridgehead atoms. The van der Waals surface area contributed by atoms with Gasteiger partial charge in [-0.05, 0) is 18.2 Å². The molecule has 5 nitrogen and oxygen atoms in total.